The SMILES string of the molecule is CNC(=O)C1CCN(c2cn[nH]c(=O)c2Cl)CC1. The Morgan fingerprint density at radius 2 is 2.22 bits per heavy atom. The highest BCUT2D eigenvalue weighted by atomic mass is 35.5. The van der Waals surface area contributed by atoms with Crippen LogP contribution in [0.1, 0.15) is 12.8 Å². The van der Waals surface area contributed by atoms with Gasteiger partial charge in [0.15, 0.2) is 0 Å². The zero-order valence-electron chi connectivity index (χ0n) is 10.1. The molecule has 18 heavy (non-hydrogen) atoms. The van der Waals surface area contributed by atoms with Crippen LogP contribution < -0.4 is 15.8 Å². The fourth-order valence-corrected chi connectivity index (χ4v) is 2.39. The zero-order valence-corrected chi connectivity index (χ0v) is 10.8. The van der Waals surface area contributed by atoms with E-state index >= 15 is 0 Å². The van der Waals surface area contributed by atoms with Gasteiger partial charge in [0.2, 0.25) is 5.91 Å². The molecule has 1 aromatic heterocycles. The highest BCUT2D eigenvalue weighted by molar-refractivity contribution is 6.33. The fraction of sp³-hybridized carbons (Fsp3) is 0.545. The van der Waals surface area contributed by atoms with Crippen LogP contribution in [0.5, 0.6) is 0 Å². The van der Waals surface area contributed by atoms with E-state index in [2.05, 4.69) is 15.5 Å². The number of H-pyrrole nitrogens is 1. The number of carbonyl (C=O) groups is 1. The average Bonchev–Trinajstić information content (AvgIpc) is 2.41. The molecule has 0 aliphatic carbocycles. The minimum Gasteiger partial charge on any atom is -0.369 e. The number of anilines is 1. The highest BCUT2D eigenvalue weighted by Crippen LogP contribution is 2.26. The predicted octanol–water partition coefficient (Wildman–Crippen LogP) is 0.386. The molecule has 0 spiro atoms. The van der Waals surface area contributed by atoms with Crippen molar-refractivity contribution in [1.82, 2.24) is 15.5 Å². The van der Waals surface area contributed by atoms with Gasteiger partial charge in [-0.15, -0.1) is 0 Å². The molecule has 0 radical (unpaired) electrons. The molecule has 0 aromatic carbocycles. The third-order valence-electron chi connectivity index (χ3n) is 3.23. The van der Waals surface area contributed by atoms with Crippen LogP contribution in [0.15, 0.2) is 11.0 Å². The van der Waals surface area contributed by atoms with Crippen molar-refractivity contribution >= 4 is 23.2 Å². The van der Waals surface area contributed by atoms with Crippen LogP contribution in [0.2, 0.25) is 5.02 Å². The lowest BCUT2D eigenvalue weighted by Gasteiger charge is -2.32. The molecule has 2 heterocycles. The van der Waals surface area contributed by atoms with Crippen LogP contribution >= 0.6 is 11.6 Å². The molecule has 1 fully saturated rings. The van der Waals surface area contributed by atoms with Crippen LogP contribution in [0.25, 0.3) is 0 Å². The number of carbonyl (C=O) groups excluding carboxylic acids is 1. The van der Waals surface area contributed by atoms with Gasteiger partial charge in [-0.2, -0.15) is 5.10 Å². The summed E-state index contributed by atoms with van der Waals surface area (Å²) in [5.74, 6) is 0.116. The first-order chi connectivity index (χ1) is 8.63. The summed E-state index contributed by atoms with van der Waals surface area (Å²) in [5, 5.41) is 8.85. The topological polar surface area (TPSA) is 78.1 Å². The summed E-state index contributed by atoms with van der Waals surface area (Å²) in [6.07, 6.45) is 3.05. The molecular formula is C11H15ClN4O2. The molecule has 1 aliphatic rings. The van der Waals surface area contributed by atoms with Crippen molar-refractivity contribution in [1.29, 1.82) is 0 Å². The molecule has 0 atom stereocenters. The van der Waals surface area contributed by atoms with E-state index in [1.165, 1.54) is 0 Å². The molecule has 7 heteroatoms. The first-order valence-electron chi connectivity index (χ1n) is 5.83. The van der Waals surface area contributed by atoms with E-state index in [0.29, 0.717) is 18.8 Å². The van der Waals surface area contributed by atoms with Crippen molar-refractivity contribution in [3.63, 3.8) is 0 Å². The lowest BCUT2D eigenvalue weighted by molar-refractivity contribution is -0.125. The zero-order chi connectivity index (χ0) is 13.1. The van der Waals surface area contributed by atoms with Gasteiger partial charge in [-0.25, -0.2) is 5.10 Å². The van der Waals surface area contributed by atoms with Gasteiger partial charge in [0, 0.05) is 26.1 Å². The maximum Gasteiger partial charge on any atom is 0.285 e. The lowest BCUT2D eigenvalue weighted by atomic mass is 9.96. The lowest BCUT2D eigenvalue weighted by Crippen LogP contribution is -2.40. The molecule has 1 aromatic rings. The van der Waals surface area contributed by atoms with E-state index in [-0.39, 0.29) is 22.4 Å². The van der Waals surface area contributed by atoms with Crippen LogP contribution in [-0.4, -0.2) is 36.2 Å². The minimum absolute atomic E-state index is 0.0416. The molecule has 2 N–H and O–H groups in total. The number of aromatic amines is 1. The van der Waals surface area contributed by atoms with Gasteiger partial charge >= 0.3 is 0 Å². The molecule has 1 saturated heterocycles. The van der Waals surface area contributed by atoms with Gasteiger partial charge in [-0.05, 0) is 12.8 Å². The molecule has 0 unspecified atom stereocenters. The van der Waals surface area contributed by atoms with Gasteiger partial charge in [0.1, 0.15) is 5.02 Å². The Hall–Kier alpha value is -1.56. The summed E-state index contributed by atoms with van der Waals surface area (Å²) < 4.78 is 0. The minimum atomic E-state index is -0.386. The standard InChI is InChI=1S/C11H15ClN4O2/c1-13-10(17)7-2-4-16(5-3-7)8-6-14-15-11(18)9(8)12/h6-7H,2-5H2,1H3,(H,13,17)(H,15,18). The van der Waals surface area contributed by atoms with Gasteiger partial charge in [-0.1, -0.05) is 11.6 Å². The van der Waals surface area contributed by atoms with Crippen molar-refractivity contribution < 1.29 is 4.79 Å². The molecule has 2 rings (SSSR count). The van der Waals surface area contributed by atoms with Gasteiger partial charge < -0.3 is 10.2 Å². The van der Waals surface area contributed by atoms with Gasteiger partial charge in [0.25, 0.3) is 5.56 Å². The van der Waals surface area contributed by atoms with Crippen LogP contribution in [0.4, 0.5) is 5.69 Å². The number of nitrogens with zero attached hydrogens (tertiary/aromatic N) is 2. The molecular weight excluding hydrogens is 256 g/mol. The van der Waals surface area contributed by atoms with Crippen molar-refractivity contribution in [2.24, 2.45) is 5.92 Å². The normalized spacial score (nSPS) is 16.7. The van der Waals surface area contributed by atoms with E-state index in [0.717, 1.165) is 12.8 Å². The first-order valence-corrected chi connectivity index (χ1v) is 6.21. The molecule has 1 amide bonds. The second kappa shape index (κ2) is 5.39. The maximum absolute atomic E-state index is 11.5. The van der Waals surface area contributed by atoms with E-state index in [4.69, 9.17) is 11.6 Å². The molecule has 6 nitrogen and oxygen atoms in total. The Bertz CT molecular complexity index is 494. The predicted molar refractivity (Wildman–Crippen MR) is 68.9 cm³/mol. The van der Waals surface area contributed by atoms with Crippen molar-refractivity contribution in [2.75, 3.05) is 25.0 Å². The Kier molecular flexibility index (Phi) is 3.86. The average molecular weight is 271 g/mol. The monoisotopic (exact) mass is 270 g/mol. The van der Waals surface area contributed by atoms with Crippen LogP contribution in [0.3, 0.4) is 0 Å². The molecule has 0 bridgehead atoms. The summed E-state index contributed by atoms with van der Waals surface area (Å²) in [6.45, 7) is 1.39. The Labute approximate surface area is 109 Å². The highest BCUT2D eigenvalue weighted by Gasteiger charge is 2.25. The number of nitrogens with one attached hydrogen (secondary N) is 2. The van der Waals surface area contributed by atoms with E-state index in [1.807, 2.05) is 4.90 Å². The maximum atomic E-state index is 11.5. The Morgan fingerprint density at radius 3 is 2.83 bits per heavy atom. The van der Waals surface area contributed by atoms with Crippen LogP contribution in [-0.2, 0) is 4.79 Å². The number of piperidine rings is 1. The number of amides is 1. The second-order valence-electron chi connectivity index (χ2n) is 4.27. The fourth-order valence-electron chi connectivity index (χ4n) is 2.18. The Balaban J connectivity index is 2.08. The van der Waals surface area contributed by atoms with E-state index in [1.54, 1.807) is 13.2 Å². The van der Waals surface area contributed by atoms with Crippen LogP contribution in [0, 0.1) is 5.92 Å². The summed E-state index contributed by atoms with van der Waals surface area (Å²) in [6, 6.07) is 0. The third-order valence-corrected chi connectivity index (χ3v) is 3.60. The van der Waals surface area contributed by atoms with Gasteiger partial charge in [-0.3, -0.25) is 9.59 Å². The second-order valence-corrected chi connectivity index (χ2v) is 4.65. The smallest absolute Gasteiger partial charge is 0.285 e. The number of aromatic nitrogens is 2. The van der Waals surface area contributed by atoms with Crippen molar-refractivity contribution in [2.45, 2.75) is 12.8 Å². The largest absolute Gasteiger partial charge is 0.369 e. The summed E-state index contributed by atoms with van der Waals surface area (Å²) >= 11 is 5.95. The first kappa shape index (κ1) is 12.9. The molecule has 0 saturated carbocycles. The molecule has 1 aliphatic heterocycles. The number of rotatable bonds is 2. The quantitative estimate of drug-likeness (QED) is 0.815. The number of hydrogen-bond donors (Lipinski definition) is 2. The number of halogens is 1. The number of hydrogen-bond acceptors (Lipinski definition) is 4. The summed E-state index contributed by atoms with van der Waals surface area (Å²) in [4.78, 5) is 24.9. The summed E-state index contributed by atoms with van der Waals surface area (Å²) in [7, 11) is 1.65. The van der Waals surface area contributed by atoms with E-state index < -0.39 is 0 Å². The van der Waals surface area contributed by atoms with E-state index in [9.17, 15) is 9.59 Å². The van der Waals surface area contributed by atoms with Crippen molar-refractivity contribution in [3.8, 4) is 0 Å². The van der Waals surface area contributed by atoms with Crippen molar-refractivity contribution in [3.05, 3.63) is 21.6 Å². The van der Waals surface area contributed by atoms with Gasteiger partial charge in [0.05, 0.1) is 11.9 Å². The third kappa shape index (κ3) is 2.48. The summed E-state index contributed by atoms with van der Waals surface area (Å²) in [5.41, 5.74) is 0.248. The Morgan fingerprint density at radius 1 is 1.56 bits per heavy atom. The molecule has 98 valence electrons.